The van der Waals surface area contributed by atoms with Crippen LogP contribution >= 0.6 is 15.9 Å². The molecule has 0 aliphatic heterocycles. The van der Waals surface area contributed by atoms with Crippen LogP contribution in [0.1, 0.15) is 15.9 Å². The van der Waals surface area contributed by atoms with E-state index in [1.807, 2.05) is 6.07 Å². The van der Waals surface area contributed by atoms with Gasteiger partial charge in [-0.25, -0.2) is 0 Å². The number of nitrogens with zero attached hydrogens (tertiary/aromatic N) is 1. The number of nitrogens with one attached hydrogen (secondary N) is 1. The number of rotatable bonds is 2. The van der Waals surface area contributed by atoms with E-state index in [9.17, 15) is 4.79 Å². The summed E-state index contributed by atoms with van der Waals surface area (Å²) in [5, 5.41) is 11.4. The van der Waals surface area contributed by atoms with Gasteiger partial charge in [-0.1, -0.05) is 6.07 Å². The number of nitriles is 1. The van der Waals surface area contributed by atoms with Gasteiger partial charge in [0.15, 0.2) is 0 Å². The van der Waals surface area contributed by atoms with E-state index in [2.05, 4.69) is 21.2 Å². The predicted octanol–water partition coefficient (Wildman–Crippen LogP) is 3.16. The van der Waals surface area contributed by atoms with Crippen LogP contribution < -0.4 is 11.1 Å². The summed E-state index contributed by atoms with van der Waals surface area (Å²) in [7, 11) is 0. The molecule has 4 nitrogen and oxygen atoms in total. The fourth-order valence-electron chi connectivity index (χ4n) is 1.55. The standard InChI is InChI=1S/C14H10BrN3O/c15-13-11(2-1-3-12(13)17)14(19)18-10-6-4-9(8-16)5-7-10/h1-7H,17H2,(H,18,19). The van der Waals surface area contributed by atoms with E-state index < -0.39 is 0 Å². The van der Waals surface area contributed by atoms with Gasteiger partial charge < -0.3 is 11.1 Å². The molecular weight excluding hydrogens is 306 g/mol. The molecule has 0 radical (unpaired) electrons. The molecule has 2 aromatic rings. The van der Waals surface area contributed by atoms with Crippen molar-refractivity contribution in [2.24, 2.45) is 0 Å². The quantitative estimate of drug-likeness (QED) is 0.835. The fraction of sp³-hybridized carbons (Fsp3) is 0. The molecule has 2 rings (SSSR count). The Kier molecular flexibility index (Phi) is 3.83. The minimum Gasteiger partial charge on any atom is -0.398 e. The first-order chi connectivity index (χ1) is 9.11. The second-order valence-electron chi connectivity index (χ2n) is 3.85. The first-order valence-electron chi connectivity index (χ1n) is 5.47. The number of nitrogens with two attached hydrogens (primary N) is 1. The molecule has 0 fully saturated rings. The van der Waals surface area contributed by atoms with Crippen LogP contribution in [0.25, 0.3) is 0 Å². The second kappa shape index (κ2) is 5.55. The Bertz CT molecular complexity index is 659. The van der Waals surface area contributed by atoms with E-state index in [1.165, 1.54) is 0 Å². The Hall–Kier alpha value is -2.32. The molecule has 0 bridgehead atoms. The Labute approximate surface area is 119 Å². The third-order valence-corrected chi connectivity index (χ3v) is 3.43. The maximum absolute atomic E-state index is 12.1. The van der Waals surface area contributed by atoms with Crippen LogP contribution in [0.15, 0.2) is 46.9 Å². The zero-order chi connectivity index (χ0) is 13.8. The summed E-state index contributed by atoms with van der Waals surface area (Å²) >= 11 is 3.29. The third-order valence-electron chi connectivity index (χ3n) is 2.55. The lowest BCUT2D eigenvalue weighted by atomic mass is 10.1. The molecule has 94 valence electrons. The van der Waals surface area contributed by atoms with Gasteiger partial charge in [-0.05, 0) is 52.3 Å². The Balaban J connectivity index is 2.21. The topological polar surface area (TPSA) is 78.9 Å². The summed E-state index contributed by atoms with van der Waals surface area (Å²) in [6.07, 6.45) is 0. The van der Waals surface area contributed by atoms with E-state index in [4.69, 9.17) is 11.0 Å². The van der Waals surface area contributed by atoms with Gasteiger partial charge in [0, 0.05) is 11.4 Å². The Morgan fingerprint density at radius 1 is 1.21 bits per heavy atom. The highest BCUT2D eigenvalue weighted by atomic mass is 79.9. The summed E-state index contributed by atoms with van der Waals surface area (Å²) in [6, 6.07) is 13.8. The van der Waals surface area contributed by atoms with Crippen LogP contribution in [0.5, 0.6) is 0 Å². The average molecular weight is 316 g/mol. The smallest absolute Gasteiger partial charge is 0.256 e. The van der Waals surface area contributed by atoms with Crippen molar-refractivity contribution in [2.75, 3.05) is 11.1 Å². The molecule has 19 heavy (non-hydrogen) atoms. The molecule has 5 heteroatoms. The zero-order valence-electron chi connectivity index (χ0n) is 9.85. The summed E-state index contributed by atoms with van der Waals surface area (Å²) in [4.78, 5) is 12.1. The average Bonchev–Trinajstić information content (AvgIpc) is 2.42. The van der Waals surface area contributed by atoms with Crippen LogP contribution in [-0.2, 0) is 0 Å². The van der Waals surface area contributed by atoms with Crippen molar-refractivity contribution in [1.29, 1.82) is 5.26 Å². The summed E-state index contributed by atoms with van der Waals surface area (Å²) in [5.41, 5.74) is 7.86. The molecule has 1 amide bonds. The highest BCUT2D eigenvalue weighted by Crippen LogP contribution is 2.24. The lowest BCUT2D eigenvalue weighted by Crippen LogP contribution is -2.13. The van der Waals surface area contributed by atoms with Crippen molar-refractivity contribution in [1.82, 2.24) is 0 Å². The molecule has 0 aliphatic carbocycles. The molecule has 3 N–H and O–H groups in total. The van der Waals surface area contributed by atoms with Crippen molar-refractivity contribution < 1.29 is 4.79 Å². The van der Waals surface area contributed by atoms with Gasteiger partial charge in [0.05, 0.1) is 21.7 Å². The van der Waals surface area contributed by atoms with Crippen LogP contribution in [0.2, 0.25) is 0 Å². The number of hydrogen-bond donors (Lipinski definition) is 2. The first kappa shape index (κ1) is 13.1. The minimum atomic E-state index is -0.260. The van der Waals surface area contributed by atoms with Crippen LogP contribution in [0, 0.1) is 11.3 Å². The first-order valence-corrected chi connectivity index (χ1v) is 6.26. The number of carbonyl (C=O) groups is 1. The number of amides is 1. The Morgan fingerprint density at radius 3 is 2.53 bits per heavy atom. The van der Waals surface area contributed by atoms with E-state index in [0.29, 0.717) is 27.0 Å². The van der Waals surface area contributed by atoms with Gasteiger partial charge in [-0.2, -0.15) is 5.26 Å². The third kappa shape index (κ3) is 2.92. The number of halogens is 1. The van der Waals surface area contributed by atoms with Gasteiger partial charge in [0.25, 0.3) is 5.91 Å². The zero-order valence-corrected chi connectivity index (χ0v) is 11.4. The molecule has 0 saturated heterocycles. The van der Waals surface area contributed by atoms with Crippen LogP contribution in [0.3, 0.4) is 0 Å². The molecule has 0 saturated carbocycles. The summed E-state index contributed by atoms with van der Waals surface area (Å²) < 4.78 is 0.571. The van der Waals surface area contributed by atoms with Crippen molar-refractivity contribution in [3.05, 3.63) is 58.1 Å². The highest BCUT2D eigenvalue weighted by molar-refractivity contribution is 9.10. The largest absolute Gasteiger partial charge is 0.398 e. The summed E-state index contributed by atoms with van der Waals surface area (Å²) in [6.45, 7) is 0. The molecular formula is C14H10BrN3O. The normalized spacial score (nSPS) is 9.68. The number of anilines is 2. The fourth-order valence-corrected chi connectivity index (χ4v) is 2.00. The lowest BCUT2D eigenvalue weighted by molar-refractivity contribution is 0.102. The second-order valence-corrected chi connectivity index (χ2v) is 4.65. The predicted molar refractivity (Wildman–Crippen MR) is 77.7 cm³/mol. The molecule has 0 heterocycles. The number of carbonyl (C=O) groups excluding carboxylic acids is 1. The van der Waals surface area contributed by atoms with Crippen LogP contribution in [0.4, 0.5) is 11.4 Å². The van der Waals surface area contributed by atoms with E-state index in [1.54, 1.807) is 42.5 Å². The van der Waals surface area contributed by atoms with Crippen molar-refractivity contribution in [2.45, 2.75) is 0 Å². The van der Waals surface area contributed by atoms with Crippen LogP contribution in [-0.4, -0.2) is 5.91 Å². The van der Waals surface area contributed by atoms with Gasteiger partial charge in [-0.15, -0.1) is 0 Å². The summed E-state index contributed by atoms with van der Waals surface area (Å²) in [5.74, 6) is -0.260. The van der Waals surface area contributed by atoms with Gasteiger partial charge in [-0.3, -0.25) is 4.79 Å². The highest BCUT2D eigenvalue weighted by Gasteiger charge is 2.11. The van der Waals surface area contributed by atoms with E-state index in [0.717, 1.165) is 0 Å². The van der Waals surface area contributed by atoms with E-state index in [-0.39, 0.29) is 5.91 Å². The lowest BCUT2D eigenvalue weighted by Gasteiger charge is -2.08. The van der Waals surface area contributed by atoms with Gasteiger partial charge >= 0.3 is 0 Å². The molecule has 0 aliphatic rings. The van der Waals surface area contributed by atoms with E-state index >= 15 is 0 Å². The molecule has 0 spiro atoms. The maximum Gasteiger partial charge on any atom is 0.256 e. The van der Waals surface area contributed by atoms with Crippen molar-refractivity contribution >= 4 is 33.2 Å². The number of benzene rings is 2. The maximum atomic E-state index is 12.1. The van der Waals surface area contributed by atoms with Crippen molar-refractivity contribution in [3.8, 4) is 6.07 Å². The van der Waals surface area contributed by atoms with Gasteiger partial charge in [0.1, 0.15) is 0 Å². The molecule has 0 atom stereocenters. The molecule has 0 aromatic heterocycles. The minimum absolute atomic E-state index is 0.260. The number of nitrogen functional groups attached to an aromatic ring is 1. The monoisotopic (exact) mass is 315 g/mol. The Morgan fingerprint density at radius 2 is 1.89 bits per heavy atom. The molecule has 2 aromatic carbocycles. The van der Waals surface area contributed by atoms with Gasteiger partial charge in [0.2, 0.25) is 0 Å². The number of hydrogen-bond acceptors (Lipinski definition) is 3. The molecule has 0 unspecified atom stereocenters. The SMILES string of the molecule is N#Cc1ccc(NC(=O)c2cccc(N)c2Br)cc1. The van der Waals surface area contributed by atoms with Crippen molar-refractivity contribution in [3.63, 3.8) is 0 Å².